The number of nitriles is 1. The highest BCUT2D eigenvalue weighted by Crippen LogP contribution is 2.34. The lowest BCUT2D eigenvalue weighted by Gasteiger charge is -2.11. The molecule has 96 valence electrons. The van der Waals surface area contributed by atoms with Crippen molar-refractivity contribution in [3.8, 4) is 6.07 Å². The highest BCUT2D eigenvalue weighted by atomic mass is 79.9. The quantitative estimate of drug-likeness (QED) is 0.767. The molecule has 0 bridgehead atoms. The van der Waals surface area contributed by atoms with Gasteiger partial charge in [-0.1, -0.05) is 39.1 Å². The summed E-state index contributed by atoms with van der Waals surface area (Å²) in [5, 5.41) is 12.2. The van der Waals surface area contributed by atoms with Gasteiger partial charge in [0.2, 0.25) is 0 Å². The van der Waals surface area contributed by atoms with E-state index in [-0.39, 0.29) is 10.0 Å². The summed E-state index contributed by atoms with van der Waals surface area (Å²) in [4.78, 5) is 0. The fraction of sp³-hybridized carbons (Fsp3) is 0. The Morgan fingerprint density at radius 3 is 2.32 bits per heavy atom. The molecule has 0 saturated heterocycles. The summed E-state index contributed by atoms with van der Waals surface area (Å²) in [6.07, 6.45) is 0. The predicted octanol–water partition coefficient (Wildman–Crippen LogP) is 5.51. The monoisotopic (exact) mass is 358 g/mol. The summed E-state index contributed by atoms with van der Waals surface area (Å²) in [7, 11) is 0. The van der Waals surface area contributed by atoms with Crippen LogP contribution in [0.4, 0.5) is 15.8 Å². The van der Waals surface area contributed by atoms with Gasteiger partial charge in [-0.15, -0.1) is 0 Å². The first-order valence-corrected chi connectivity index (χ1v) is 6.67. The number of halogens is 4. The number of nitrogens with zero attached hydrogens (tertiary/aromatic N) is 1. The van der Waals surface area contributed by atoms with Crippen molar-refractivity contribution in [2.24, 2.45) is 0 Å². The molecule has 2 aromatic rings. The van der Waals surface area contributed by atoms with Crippen molar-refractivity contribution in [1.29, 1.82) is 5.26 Å². The van der Waals surface area contributed by atoms with E-state index < -0.39 is 5.82 Å². The number of hydrogen-bond donors (Lipinski definition) is 1. The molecule has 2 nitrogen and oxygen atoms in total. The van der Waals surface area contributed by atoms with Crippen molar-refractivity contribution < 1.29 is 4.39 Å². The molecule has 0 aliphatic heterocycles. The van der Waals surface area contributed by atoms with Gasteiger partial charge in [0.25, 0.3) is 0 Å². The Balaban J connectivity index is 2.42. The summed E-state index contributed by atoms with van der Waals surface area (Å²) >= 11 is 15.2. The first-order chi connectivity index (χ1) is 8.99. The average molecular weight is 360 g/mol. The molecular weight excluding hydrogens is 354 g/mol. The van der Waals surface area contributed by atoms with E-state index in [2.05, 4.69) is 21.2 Å². The Kier molecular flexibility index (Phi) is 4.31. The molecule has 0 aliphatic carbocycles. The number of anilines is 2. The molecular formula is C13H6BrCl2FN2. The summed E-state index contributed by atoms with van der Waals surface area (Å²) in [5.41, 5.74) is 1.50. The maximum absolute atomic E-state index is 13.1. The average Bonchev–Trinajstić information content (AvgIpc) is 2.33. The highest BCUT2D eigenvalue weighted by molar-refractivity contribution is 9.10. The van der Waals surface area contributed by atoms with E-state index in [0.29, 0.717) is 16.9 Å². The lowest BCUT2D eigenvalue weighted by Crippen LogP contribution is -1.94. The molecule has 0 fully saturated rings. The van der Waals surface area contributed by atoms with E-state index in [9.17, 15) is 4.39 Å². The van der Waals surface area contributed by atoms with Gasteiger partial charge >= 0.3 is 0 Å². The smallest absolute Gasteiger partial charge is 0.126 e. The summed E-state index contributed by atoms with van der Waals surface area (Å²) < 4.78 is 13.8. The zero-order valence-electron chi connectivity index (χ0n) is 9.35. The van der Waals surface area contributed by atoms with Crippen LogP contribution >= 0.6 is 39.1 Å². The van der Waals surface area contributed by atoms with Gasteiger partial charge < -0.3 is 5.32 Å². The van der Waals surface area contributed by atoms with Crippen LogP contribution in [0.5, 0.6) is 0 Å². The van der Waals surface area contributed by atoms with E-state index in [0.717, 1.165) is 4.47 Å². The molecule has 0 heterocycles. The van der Waals surface area contributed by atoms with Crippen LogP contribution in [0.3, 0.4) is 0 Å². The Labute approximate surface area is 127 Å². The Morgan fingerprint density at radius 2 is 1.74 bits per heavy atom. The minimum atomic E-state index is -0.507. The maximum Gasteiger partial charge on any atom is 0.126 e. The molecule has 0 spiro atoms. The van der Waals surface area contributed by atoms with Crippen molar-refractivity contribution in [2.45, 2.75) is 0 Å². The molecule has 2 rings (SSSR count). The van der Waals surface area contributed by atoms with E-state index in [1.54, 1.807) is 18.2 Å². The Morgan fingerprint density at radius 1 is 1.11 bits per heavy atom. The van der Waals surface area contributed by atoms with Crippen LogP contribution in [-0.2, 0) is 0 Å². The molecule has 0 aromatic heterocycles. The SMILES string of the molecule is N#Cc1cc(Br)cc(Nc2c(Cl)cc(F)cc2Cl)c1. The molecule has 1 N–H and O–H groups in total. The fourth-order valence-corrected chi connectivity index (χ4v) is 2.58. The molecule has 0 amide bonds. The Hall–Kier alpha value is -1.28. The topological polar surface area (TPSA) is 35.8 Å². The van der Waals surface area contributed by atoms with Crippen molar-refractivity contribution in [3.63, 3.8) is 0 Å². The molecule has 0 unspecified atom stereocenters. The zero-order valence-corrected chi connectivity index (χ0v) is 12.4. The van der Waals surface area contributed by atoms with Crippen LogP contribution < -0.4 is 5.32 Å². The zero-order chi connectivity index (χ0) is 14.0. The van der Waals surface area contributed by atoms with E-state index in [4.69, 9.17) is 28.5 Å². The first kappa shape index (κ1) is 14.1. The third kappa shape index (κ3) is 3.38. The van der Waals surface area contributed by atoms with E-state index >= 15 is 0 Å². The van der Waals surface area contributed by atoms with Gasteiger partial charge in [-0.2, -0.15) is 5.26 Å². The normalized spacial score (nSPS) is 10.1. The van der Waals surface area contributed by atoms with Crippen LogP contribution in [0.1, 0.15) is 5.56 Å². The van der Waals surface area contributed by atoms with Crippen LogP contribution in [0.15, 0.2) is 34.8 Å². The van der Waals surface area contributed by atoms with Crippen molar-refractivity contribution >= 4 is 50.5 Å². The highest BCUT2D eigenvalue weighted by Gasteiger charge is 2.09. The van der Waals surface area contributed by atoms with E-state index in [1.807, 2.05) is 6.07 Å². The van der Waals surface area contributed by atoms with E-state index in [1.165, 1.54) is 12.1 Å². The van der Waals surface area contributed by atoms with Crippen LogP contribution in [0.25, 0.3) is 0 Å². The van der Waals surface area contributed by atoms with Gasteiger partial charge in [-0.3, -0.25) is 0 Å². The summed E-state index contributed by atoms with van der Waals surface area (Å²) in [6.45, 7) is 0. The minimum absolute atomic E-state index is 0.170. The number of nitrogens with one attached hydrogen (secondary N) is 1. The van der Waals surface area contributed by atoms with Crippen molar-refractivity contribution in [3.05, 3.63) is 56.2 Å². The molecule has 2 aromatic carbocycles. The third-order valence-corrected chi connectivity index (χ3v) is 3.36. The standard InChI is InChI=1S/C13H6BrCl2FN2/c14-8-1-7(6-18)2-10(3-8)19-13-11(15)4-9(17)5-12(13)16/h1-5,19H. The van der Waals surface area contributed by atoms with Gasteiger partial charge in [0, 0.05) is 10.2 Å². The number of benzene rings is 2. The van der Waals surface area contributed by atoms with Gasteiger partial charge in [0.15, 0.2) is 0 Å². The second kappa shape index (κ2) is 5.79. The van der Waals surface area contributed by atoms with Crippen LogP contribution in [0.2, 0.25) is 10.0 Å². The van der Waals surface area contributed by atoms with Crippen molar-refractivity contribution in [2.75, 3.05) is 5.32 Å². The molecule has 0 radical (unpaired) electrons. The molecule has 19 heavy (non-hydrogen) atoms. The van der Waals surface area contributed by atoms with Gasteiger partial charge in [-0.05, 0) is 30.3 Å². The molecule has 0 saturated carbocycles. The second-order valence-electron chi connectivity index (χ2n) is 3.71. The fourth-order valence-electron chi connectivity index (χ4n) is 1.53. The van der Waals surface area contributed by atoms with Gasteiger partial charge in [0.1, 0.15) is 5.82 Å². The third-order valence-electron chi connectivity index (χ3n) is 2.30. The predicted molar refractivity (Wildman–Crippen MR) is 78.6 cm³/mol. The molecule has 6 heteroatoms. The number of rotatable bonds is 2. The van der Waals surface area contributed by atoms with Crippen molar-refractivity contribution in [1.82, 2.24) is 0 Å². The van der Waals surface area contributed by atoms with Gasteiger partial charge in [-0.25, -0.2) is 4.39 Å². The molecule has 0 aliphatic rings. The van der Waals surface area contributed by atoms with Crippen LogP contribution in [-0.4, -0.2) is 0 Å². The summed E-state index contributed by atoms with van der Waals surface area (Å²) in [6, 6.07) is 9.45. The lowest BCUT2D eigenvalue weighted by molar-refractivity contribution is 0.628. The minimum Gasteiger partial charge on any atom is -0.353 e. The Bertz CT molecular complexity index is 660. The summed E-state index contributed by atoms with van der Waals surface area (Å²) in [5.74, 6) is -0.507. The molecule has 0 atom stereocenters. The maximum atomic E-state index is 13.1. The van der Waals surface area contributed by atoms with Gasteiger partial charge in [0.05, 0.1) is 27.4 Å². The number of hydrogen-bond acceptors (Lipinski definition) is 2. The largest absolute Gasteiger partial charge is 0.353 e. The first-order valence-electron chi connectivity index (χ1n) is 5.12. The second-order valence-corrected chi connectivity index (χ2v) is 5.44. The lowest BCUT2D eigenvalue weighted by atomic mass is 10.2. The van der Waals surface area contributed by atoms with Crippen LogP contribution in [0, 0.1) is 17.1 Å².